The molecule has 1 fully saturated rings. The smallest absolute Gasteiger partial charge is 0.381 e. The van der Waals surface area contributed by atoms with E-state index in [1.54, 1.807) is 0 Å². The molecule has 0 amide bonds. The molecular formula is C10H15NO2. The van der Waals surface area contributed by atoms with Crippen molar-refractivity contribution >= 4 is 5.97 Å². The minimum atomic E-state index is -1.03. The van der Waals surface area contributed by atoms with Gasteiger partial charge in [0.2, 0.25) is 0 Å². The van der Waals surface area contributed by atoms with Crippen LogP contribution in [0.15, 0.2) is 0 Å². The maximum absolute atomic E-state index is 10.2. The van der Waals surface area contributed by atoms with Gasteiger partial charge in [0.1, 0.15) is 0 Å². The van der Waals surface area contributed by atoms with Gasteiger partial charge < -0.3 is 5.11 Å². The monoisotopic (exact) mass is 181 g/mol. The quantitative estimate of drug-likeness (QED) is 0.612. The summed E-state index contributed by atoms with van der Waals surface area (Å²) < 4.78 is 0. The molecule has 72 valence electrons. The van der Waals surface area contributed by atoms with Crippen LogP contribution in [0.1, 0.15) is 26.2 Å². The Morgan fingerprint density at radius 3 is 3.00 bits per heavy atom. The molecule has 1 atom stereocenters. The zero-order valence-corrected chi connectivity index (χ0v) is 7.92. The van der Waals surface area contributed by atoms with Crippen LogP contribution >= 0.6 is 0 Å². The summed E-state index contributed by atoms with van der Waals surface area (Å²) in [5.74, 6) is 3.98. The number of carbonyl (C=O) groups is 1. The lowest BCUT2D eigenvalue weighted by Gasteiger charge is -2.31. The van der Waals surface area contributed by atoms with E-state index >= 15 is 0 Å². The Balaban J connectivity index is 2.56. The molecule has 1 N–H and O–H groups in total. The summed E-state index contributed by atoms with van der Waals surface area (Å²) in [6.07, 6.45) is 3.38. The highest BCUT2D eigenvalue weighted by Gasteiger charge is 2.18. The molecule has 0 aliphatic carbocycles. The number of likely N-dealkylation sites (tertiary alicyclic amines) is 1. The summed E-state index contributed by atoms with van der Waals surface area (Å²) in [4.78, 5) is 12.5. The predicted molar refractivity (Wildman–Crippen MR) is 50.3 cm³/mol. The van der Waals surface area contributed by atoms with Crippen LogP contribution < -0.4 is 0 Å². The molecule has 0 bridgehead atoms. The van der Waals surface area contributed by atoms with Crippen molar-refractivity contribution in [2.75, 3.05) is 13.1 Å². The zero-order chi connectivity index (χ0) is 9.68. The molecule has 3 heteroatoms. The van der Waals surface area contributed by atoms with Gasteiger partial charge in [0.05, 0.1) is 6.04 Å². The zero-order valence-electron chi connectivity index (χ0n) is 7.92. The fraction of sp³-hybridized carbons (Fsp3) is 0.700. The van der Waals surface area contributed by atoms with Crippen molar-refractivity contribution in [3.63, 3.8) is 0 Å². The number of piperidine rings is 1. The van der Waals surface area contributed by atoms with Crippen molar-refractivity contribution in [1.82, 2.24) is 4.90 Å². The molecule has 0 radical (unpaired) electrons. The van der Waals surface area contributed by atoms with Crippen LogP contribution in [0.25, 0.3) is 0 Å². The molecule has 0 aromatic heterocycles. The van der Waals surface area contributed by atoms with Gasteiger partial charge in [-0.25, -0.2) is 4.79 Å². The third kappa shape index (κ3) is 3.08. The first-order valence-corrected chi connectivity index (χ1v) is 4.72. The minimum absolute atomic E-state index is 0.162. The summed E-state index contributed by atoms with van der Waals surface area (Å²) in [6.45, 7) is 4.09. The number of hydrogen-bond acceptors (Lipinski definition) is 2. The van der Waals surface area contributed by atoms with Crippen LogP contribution in [0.3, 0.4) is 0 Å². The average Bonchev–Trinajstić information content (AvgIpc) is 2.15. The summed E-state index contributed by atoms with van der Waals surface area (Å²) in [5, 5.41) is 8.41. The first kappa shape index (κ1) is 10.1. The molecule has 0 spiro atoms. The summed E-state index contributed by atoms with van der Waals surface area (Å²) in [6, 6.07) is 0.162. The normalized spacial score (nSPS) is 23.3. The Labute approximate surface area is 78.7 Å². The van der Waals surface area contributed by atoms with E-state index in [-0.39, 0.29) is 6.04 Å². The number of carboxylic acid groups (broad SMARTS) is 1. The molecular weight excluding hydrogens is 166 g/mol. The summed E-state index contributed by atoms with van der Waals surface area (Å²) in [5.41, 5.74) is 0. The Morgan fingerprint density at radius 2 is 2.38 bits per heavy atom. The third-order valence-corrected chi connectivity index (χ3v) is 2.37. The number of hydrogen-bond donors (Lipinski definition) is 1. The highest BCUT2D eigenvalue weighted by atomic mass is 16.4. The van der Waals surface area contributed by atoms with Crippen molar-refractivity contribution in [3.05, 3.63) is 0 Å². The molecule has 1 aliphatic rings. The van der Waals surface area contributed by atoms with Crippen molar-refractivity contribution in [1.29, 1.82) is 0 Å². The maximum atomic E-state index is 10.2. The number of aliphatic carboxylic acids is 1. The molecule has 0 aromatic carbocycles. The van der Waals surface area contributed by atoms with E-state index in [2.05, 4.69) is 23.7 Å². The molecule has 0 saturated carbocycles. The van der Waals surface area contributed by atoms with Crippen LogP contribution in [0.5, 0.6) is 0 Å². The lowest BCUT2D eigenvalue weighted by molar-refractivity contribution is -0.130. The Hall–Kier alpha value is -1.01. The molecule has 3 nitrogen and oxygen atoms in total. The van der Waals surface area contributed by atoms with Crippen LogP contribution in [-0.4, -0.2) is 35.1 Å². The second kappa shape index (κ2) is 4.88. The van der Waals surface area contributed by atoms with Crippen molar-refractivity contribution in [2.24, 2.45) is 0 Å². The topological polar surface area (TPSA) is 40.5 Å². The number of carboxylic acids is 1. The predicted octanol–water partition coefficient (Wildman–Crippen LogP) is 0.949. The van der Waals surface area contributed by atoms with Gasteiger partial charge in [0.25, 0.3) is 0 Å². The number of rotatable bonds is 1. The molecule has 13 heavy (non-hydrogen) atoms. The standard InChI is InChI=1S/C10H15NO2/c1-2-11-8-4-3-5-9(11)6-7-10(12)13/h9H,2-5,8H2,1H3,(H,12,13). The maximum Gasteiger partial charge on any atom is 0.381 e. The fourth-order valence-corrected chi connectivity index (χ4v) is 1.68. The van der Waals surface area contributed by atoms with Gasteiger partial charge in [-0.3, -0.25) is 4.90 Å². The minimum Gasteiger partial charge on any atom is -0.472 e. The van der Waals surface area contributed by atoms with Gasteiger partial charge >= 0.3 is 5.97 Å². The van der Waals surface area contributed by atoms with Gasteiger partial charge in [0, 0.05) is 5.92 Å². The lowest BCUT2D eigenvalue weighted by atomic mass is 10.0. The van der Waals surface area contributed by atoms with Gasteiger partial charge in [-0.05, 0) is 32.4 Å². The molecule has 1 heterocycles. The molecule has 1 unspecified atom stereocenters. The second-order valence-corrected chi connectivity index (χ2v) is 3.21. The van der Waals surface area contributed by atoms with Crippen molar-refractivity contribution in [3.8, 4) is 11.8 Å². The van der Waals surface area contributed by atoms with Gasteiger partial charge in [-0.1, -0.05) is 12.8 Å². The molecule has 1 saturated heterocycles. The van der Waals surface area contributed by atoms with Gasteiger partial charge in [-0.2, -0.15) is 0 Å². The average molecular weight is 181 g/mol. The van der Waals surface area contributed by atoms with Crippen LogP contribution in [-0.2, 0) is 4.79 Å². The SMILES string of the molecule is CCN1CCCCC1C#CC(=O)O. The van der Waals surface area contributed by atoms with Gasteiger partial charge in [0.15, 0.2) is 0 Å². The summed E-state index contributed by atoms with van der Waals surface area (Å²) >= 11 is 0. The van der Waals surface area contributed by atoms with E-state index in [0.29, 0.717) is 0 Å². The lowest BCUT2D eigenvalue weighted by Crippen LogP contribution is -2.38. The Morgan fingerprint density at radius 1 is 1.62 bits per heavy atom. The Bertz CT molecular complexity index is 239. The van der Waals surface area contributed by atoms with Gasteiger partial charge in [-0.15, -0.1) is 0 Å². The van der Waals surface area contributed by atoms with E-state index in [9.17, 15) is 4.79 Å². The van der Waals surface area contributed by atoms with E-state index in [1.165, 1.54) is 6.42 Å². The second-order valence-electron chi connectivity index (χ2n) is 3.21. The molecule has 1 rings (SSSR count). The highest BCUT2D eigenvalue weighted by molar-refractivity contribution is 5.86. The third-order valence-electron chi connectivity index (χ3n) is 2.37. The van der Waals surface area contributed by atoms with E-state index in [4.69, 9.17) is 5.11 Å². The first-order valence-electron chi connectivity index (χ1n) is 4.72. The fourth-order valence-electron chi connectivity index (χ4n) is 1.68. The van der Waals surface area contributed by atoms with Crippen LogP contribution in [0.4, 0.5) is 0 Å². The van der Waals surface area contributed by atoms with Crippen LogP contribution in [0.2, 0.25) is 0 Å². The Kier molecular flexibility index (Phi) is 3.78. The van der Waals surface area contributed by atoms with Crippen LogP contribution in [0, 0.1) is 11.8 Å². The van der Waals surface area contributed by atoms with E-state index in [1.807, 2.05) is 0 Å². The highest BCUT2D eigenvalue weighted by Crippen LogP contribution is 2.15. The largest absolute Gasteiger partial charge is 0.472 e. The molecule has 1 aliphatic heterocycles. The van der Waals surface area contributed by atoms with Crippen molar-refractivity contribution < 1.29 is 9.90 Å². The molecule has 0 aromatic rings. The summed E-state index contributed by atoms with van der Waals surface area (Å²) in [7, 11) is 0. The number of nitrogens with zero attached hydrogens (tertiary/aromatic N) is 1. The first-order chi connectivity index (χ1) is 6.24. The van der Waals surface area contributed by atoms with E-state index in [0.717, 1.165) is 25.9 Å². The van der Waals surface area contributed by atoms with Crippen molar-refractivity contribution in [2.45, 2.75) is 32.2 Å². The van der Waals surface area contributed by atoms with E-state index < -0.39 is 5.97 Å².